The fourth-order valence-electron chi connectivity index (χ4n) is 1.47. The average Bonchev–Trinajstić information content (AvgIpc) is 2.26. The number of nitrogens with two attached hydrogens (primary N) is 1. The van der Waals surface area contributed by atoms with Gasteiger partial charge in [-0.1, -0.05) is 6.92 Å². The molecule has 1 rings (SSSR count). The van der Waals surface area contributed by atoms with Gasteiger partial charge in [0.15, 0.2) is 0 Å². The van der Waals surface area contributed by atoms with Gasteiger partial charge in [-0.25, -0.2) is 0 Å². The van der Waals surface area contributed by atoms with Crippen molar-refractivity contribution in [3.8, 4) is 11.5 Å². The number of ether oxygens (including phenoxy) is 2. The smallest absolute Gasteiger partial charge is 0.127 e. The van der Waals surface area contributed by atoms with Gasteiger partial charge >= 0.3 is 0 Å². The van der Waals surface area contributed by atoms with Gasteiger partial charge in [0.2, 0.25) is 0 Å². The lowest BCUT2D eigenvalue weighted by molar-refractivity contribution is 0.388. The second-order valence-electron chi connectivity index (χ2n) is 3.03. The monoisotopic (exact) mass is 195 g/mol. The molecule has 78 valence electrons. The van der Waals surface area contributed by atoms with Gasteiger partial charge in [0.1, 0.15) is 11.5 Å². The highest BCUT2D eigenvalue weighted by atomic mass is 16.5. The molecular formula is C11H17NO2. The van der Waals surface area contributed by atoms with Crippen molar-refractivity contribution in [1.29, 1.82) is 0 Å². The lowest BCUT2D eigenvalue weighted by atomic mass is 10.1. The minimum absolute atomic E-state index is 0.486. The molecule has 0 aliphatic heterocycles. The fourth-order valence-corrected chi connectivity index (χ4v) is 1.47. The summed E-state index contributed by atoms with van der Waals surface area (Å²) in [5.74, 6) is 1.66. The summed E-state index contributed by atoms with van der Waals surface area (Å²) < 4.78 is 10.5. The minimum Gasteiger partial charge on any atom is -0.496 e. The van der Waals surface area contributed by atoms with Crippen LogP contribution in [0.25, 0.3) is 0 Å². The van der Waals surface area contributed by atoms with Crippen molar-refractivity contribution in [3.05, 3.63) is 23.3 Å². The van der Waals surface area contributed by atoms with Gasteiger partial charge in [0.05, 0.1) is 14.2 Å². The quantitative estimate of drug-likeness (QED) is 0.795. The molecule has 0 atom stereocenters. The van der Waals surface area contributed by atoms with E-state index >= 15 is 0 Å². The molecular weight excluding hydrogens is 178 g/mol. The standard InChI is InChI=1S/C11H17NO2/c1-4-8-5-9(7-12)11(14-3)6-10(8)13-2/h5-6H,4,7,12H2,1-3H3. The van der Waals surface area contributed by atoms with Gasteiger partial charge in [-0.3, -0.25) is 0 Å². The summed E-state index contributed by atoms with van der Waals surface area (Å²) in [4.78, 5) is 0. The van der Waals surface area contributed by atoms with Crippen LogP contribution < -0.4 is 15.2 Å². The summed E-state index contributed by atoms with van der Waals surface area (Å²) in [6.45, 7) is 2.57. The molecule has 0 saturated heterocycles. The van der Waals surface area contributed by atoms with E-state index in [1.807, 2.05) is 12.1 Å². The molecule has 0 fully saturated rings. The SMILES string of the molecule is CCc1cc(CN)c(OC)cc1OC. The van der Waals surface area contributed by atoms with Crippen LogP contribution in [0.3, 0.4) is 0 Å². The molecule has 0 amide bonds. The Bertz CT molecular complexity index is 252. The number of methoxy groups -OCH3 is 2. The van der Waals surface area contributed by atoms with Gasteiger partial charge in [-0.15, -0.1) is 0 Å². The first-order valence-corrected chi connectivity index (χ1v) is 4.70. The molecule has 0 unspecified atom stereocenters. The second-order valence-corrected chi connectivity index (χ2v) is 3.03. The number of hydrogen-bond acceptors (Lipinski definition) is 3. The Kier molecular flexibility index (Phi) is 3.77. The summed E-state index contributed by atoms with van der Waals surface area (Å²) in [6, 6.07) is 3.93. The Morgan fingerprint density at radius 3 is 2.07 bits per heavy atom. The normalized spacial score (nSPS) is 10.0. The Hall–Kier alpha value is -1.22. The van der Waals surface area contributed by atoms with Crippen molar-refractivity contribution >= 4 is 0 Å². The van der Waals surface area contributed by atoms with Crippen LogP contribution in [0.1, 0.15) is 18.1 Å². The van der Waals surface area contributed by atoms with E-state index in [1.54, 1.807) is 14.2 Å². The zero-order valence-electron chi connectivity index (χ0n) is 8.96. The van der Waals surface area contributed by atoms with Crippen molar-refractivity contribution in [2.45, 2.75) is 19.9 Å². The lowest BCUT2D eigenvalue weighted by Crippen LogP contribution is -2.02. The molecule has 0 aromatic heterocycles. The zero-order chi connectivity index (χ0) is 10.6. The summed E-state index contributed by atoms with van der Waals surface area (Å²) in [6.07, 6.45) is 0.931. The van der Waals surface area contributed by atoms with Crippen molar-refractivity contribution in [2.24, 2.45) is 5.73 Å². The Morgan fingerprint density at radius 2 is 1.64 bits per heavy atom. The van der Waals surface area contributed by atoms with Crippen molar-refractivity contribution < 1.29 is 9.47 Å². The molecule has 2 N–H and O–H groups in total. The topological polar surface area (TPSA) is 44.5 Å². The zero-order valence-corrected chi connectivity index (χ0v) is 8.96. The van der Waals surface area contributed by atoms with E-state index in [-0.39, 0.29) is 0 Å². The van der Waals surface area contributed by atoms with Gasteiger partial charge in [-0.05, 0) is 18.1 Å². The maximum atomic E-state index is 5.62. The summed E-state index contributed by atoms with van der Waals surface area (Å²) in [5, 5.41) is 0. The molecule has 3 heteroatoms. The van der Waals surface area contributed by atoms with Gasteiger partial charge in [0.25, 0.3) is 0 Å². The third-order valence-corrected chi connectivity index (χ3v) is 2.28. The predicted molar refractivity (Wildman–Crippen MR) is 56.8 cm³/mol. The highest BCUT2D eigenvalue weighted by molar-refractivity contribution is 5.46. The van der Waals surface area contributed by atoms with Crippen molar-refractivity contribution in [2.75, 3.05) is 14.2 Å². The van der Waals surface area contributed by atoms with E-state index in [4.69, 9.17) is 15.2 Å². The Balaban J connectivity index is 3.20. The second kappa shape index (κ2) is 4.86. The van der Waals surface area contributed by atoms with Crippen molar-refractivity contribution in [3.63, 3.8) is 0 Å². The van der Waals surface area contributed by atoms with Crippen LogP contribution in [0, 0.1) is 0 Å². The van der Waals surface area contributed by atoms with Crippen LogP contribution in [0.5, 0.6) is 11.5 Å². The predicted octanol–water partition coefficient (Wildman–Crippen LogP) is 1.72. The van der Waals surface area contributed by atoms with Crippen LogP contribution in [0.4, 0.5) is 0 Å². The number of benzene rings is 1. The number of aryl methyl sites for hydroxylation is 1. The summed E-state index contributed by atoms with van der Waals surface area (Å²) >= 11 is 0. The molecule has 1 aromatic rings. The van der Waals surface area contributed by atoms with Crippen LogP contribution in [0.2, 0.25) is 0 Å². The maximum Gasteiger partial charge on any atom is 0.127 e. The van der Waals surface area contributed by atoms with Crippen LogP contribution >= 0.6 is 0 Å². The van der Waals surface area contributed by atoms with E-state index in [1.165, 1.54) is 0 Å². The van der Waals surface area contributed by atoms with E-state index in [0.717, 1.165) is 29.0 Å². The lowest BCUT2D eigenvalue weighted by Gasteiger charge is -2.12. The van der Waals surface area contributed by atoms with Gasteiger partial charge in [-0.2, -0.15) is 0 Å². The number of hydrogen-bond donors (Lipinski definition) is 1. The highest BCUT2D eigenvalue weighted by Gasteiger charge is 2.08. The van der Waals surface area contributed by atoms with Crippen LogP contribution in [-0.2, 0) is 13.0 Å². The van der Waals surface area contributed by atoms with Gasteiger partial charge < -0.3 is 15.2 Å². The van der Waals surface area contributed by atoms with E-state index in [2.05, 4.69) is 6.92 Å². The first kappa shape index (κ1) is 10.9. The molecule has 0 aliphatic rings. The minimum atomic E-state index is 0.486. The molecule has 14 heavy (non-hydrogen) atoms. The fraction of sp³-hybridized carbons (Fsp3) is 0.455. The molecule has 3 nitrogen and oxygen atoms in total. The highest BCUT2D eigenvalue weighted by Crippen LogP contribution is 2.28. The molecule has 0 aliphatic carbocycles. The summed E-state index contributed by atoms with van der Waals surface area (Å²) in [5.41, 5.74) is 7.80. The molecule has 0 saturated carbocycles. The number of rotatable bonds is 4. The first-order chi connectivity index (χ1) is 6.76. The molecule has 0 radical (unpaired) electrons. The molecule has 0 heterocycles. The van der Waals surface area contributed by atoms with Crippen LogP contribution in [-0.4, -0.2) is 14.2 Å². The van der Waals surface area contributed by atoms with Crippen molar-refractivity contribution in [1.82, 2.24) is 0 Å². The maximum absolute atomic E-state index is 5.62. The molecule has 0 spiro atoms. The Labute approximate surface area is 84.8 Å². The van der Waals surface area contributed by atoms with Gasteiger partial charge in [0, 0.05) is 18.2 Å². The van der Waals surface area contributed by atoms with E-state index in [9.17, 15) is 0 Å². The molecule has 0 bridgehead atoms. The average molecular weight is 195 g/mol. The largest absolute Gasteiger partial charge is 0.496 e. The van der Waals surface area contributed by atoms with E-state index < -0.39 is 0 Å². The third-order valence-electron chi connectivity index (χ3n) is 2.28. The third kappa shape index (κ3) is 1.99. The van der Waals surface area contributed by atoms with E-state index in [0.29, 0.717) is 6.54 Å². The first-order valence-electron chi connectivity index (χ1n) is 4.70. The molecule has 1 aromatic carbocycles. The Morgan fingerprint density at radius 1 is 1.07 bits per heavy atom. The summed E-state index contributed by atoms with van der Waals surface area (Å²) in [7, 11) is 3.30. The van der Waals surface area contributed by atoms with Crippen LogP contribution in [0.15, 0.2) is 12.1 Å².